The zero-order chi connectivity index (χ0) is 8.81. The Balaban J connectivity index is 2.67. The van der Waals surface area contributed by atoms with Gasteiger partial charge in [-0.15, -0.1) is 0 Å². The van der Waals surface area contributed by atoms with Gasteiger partial charge in [0.2, 0.25) is 0 Å². The number of hydrogen-bond donors (Lipinski definition) is 0. The molecular formula is C11H15P. The lowest BCUT2D eigenvalue weighted by Gasteiger charge is -1.96. The van der Waals surface area contributed by atoms with Gasteiger partial charge in [0.05, 0.1) is 0 Å². The van der Waals surface area contributed by atoms with E-state index in [-0.39, 0.29) is 0 Å². The zero-order valence-corrected chi connectivity index (χ0v) is 8.64. The molecule has 1 rings (SSSR count). The van der Waals surface area contributed by atoms with E-state index < -0.39 is 0 Å². The van der Waals surface area contributed by atoms with Crippen LogP contribution < -0.4 is 5.30 Å². The van der Waals surface area contributed by atoms with Gasteiger partial charge in [0.15, 0.2) is 0 Å². The van der Waals surface area contributed by atoms with Crippen molar-refractivity contribution in [2.75, 3.05) is 0 Å². The van der Waals surface area contributed by atoms with Crippen molar-refractivity contribution < 1.29 is 0 Å². The first-order valence-corrected chi connectivity index (χ1v) is 5.31. The first kappa shape index (κ1) is 9.48. The van der Waals surface area contributed by atoms with E-state index in [1.54, 1.807) is 5.29 Å². The molecule has 0 radical (unpaired) electrons. The summed E-state index contributed by atoms with van der Waals surface area (Å²) in [5.41, 5.74) is 0. The van der Waals surface area contributed by atoms with Crippen LogP contribution in [0.3, 0.4) is 0 Å². The molecule has 1 aromatic rings. The quantitative estimate of drug-likeness (QED) is 0.623. The van der Waals surface area contributed by atoms with E-state index in [1.165, 1.54) is 26.4 Å². The van der Waals surface area contributed by atoms with Gasteiger partial charge in [-0.2, -0.15) is 0 Å². The maximum absolute atomic E-state index is 2.23. The van der Waals surface area contributed by atoms with E-state index in [4.69, 9.17) is 0 Å². The van der Waals surface area contributed by atoms with Crippen molar-refractivity contribution in [2.45, 2.75) is 26.7 Å². The van der Waals surface area contributed by atoms with E-state index in [1.807, 2.05) is 0 Å². The highest BCUT2D eigenvalue weighted by Gasteiger charge is 1.89. The van der Waals surface area contributed by atoms with Gasteiger partial charge >= 0.3 is 0 Å². The van der Waals surface area contributed by atoms with Crippen LogP contribution in [-0.4, -0.2) is 5.29 Å². The van der Waals surface area contributed by atoms with Crippen LogP contribution >= 0.6 is 8.20 Å². The average molecular weight is 178 g/mol. The van der Waals surface area contributed by atoms with Gasteiger partial charge in [0, 0.05) is 5.30 Å². The maximum Gasteiger partial charge on any atom is 0.00171 e. The Labute approximate surface area is 76.4 Å². The third-order valence-electron chi connectivity index (χ3n) is 1.69. The van der Waals surface area contributed by atoms with Crippen LogP contribution in [0.5, 0.6) is 0 Å². The fraction of sp³-hybridized carbons (Fsp3) is 0.364. The largest absolute Gasteiger partial charge is 0.0696 e. The summed E-state index contributed by atoms with van der Waals surface area (Å²) >= 11 is 0. The molecule has 0 spiro atoms. The minimum Gasteiger partial charge on any atom is -0.0696 e. The Hall–Kier alpha value is -0.610. The lowest BCUT2D eigenvalue weighted by molar-refractivity contribution is 1.00. The minimum atomic E-state index is 1.25. The van der Waals surface area contributed by atoms with Crippen LogP contribution in [0.15, 0.2) is 30.3 Å². The molecule has 0 unspecified atom stereocenters. The molecule has 0 atom stereocenters. The molecular weight excluding hydrogens is 163 g/mol. The molecule has 0 aromatic heterocycles. The van der Waals surface area contributed by atoms with Gasteiger partial charge in [-0.3, -0.25) is 0 Å². The summed E-state index contributed by atoms with van der Waals surface area (Å²) in [7, 11) is 1.39. The summed E-state index contributed by atoms with van der Waals surface area (Å²) in [6.07, 6.45) is 2.50. The highest BCUT2D eigenvalue weighted by molar-refractivity contribution is 7.48. The standard InChI is InChI=1S/C11H15P/c1-3-7-10(2)12-11-8-5-4-6-9-11/h4-6,8-9H,3,7H2,1-2H3. The average Bonchev–Trinajstić information content (AvgIpc) is 2.06. The van der Waals surface area contributed by atoms with Crippen molar-refractivity contribution in [3.05, 3.63) is 30.3 Å². The predicted octanol–water partition coefficient (Wildman–Crippen LogP) is 3.25. The van der Waals surface area contributed by atoms with Crippen LogP contribution in [0.4, 0.5) is 0 Å². The third-order valence-corrected chi connectivity index (χ3v) is 2.85. The van der Waals surface area contributed by atoms with Gasteiger partial charge < -0.3 is 0 Å². The molecule has 0 fully saturated rings. The molecule has 1 aromatic carbocycles. The predicted molar refractivity (Wildman–Crippen MR) is 58.6 cm³/mol. The van der Waals surface area contributed by atoms with Crippen molar-refractivity contribution in [1.82, 2.24) is 0 Å². The topological polar surface area (TPSA) is 0 Å². The summed E-state index contributed by atoms with van der Waals surface area (Å²) in [6.45, 7) is 4.46. The molecule has 12 heavy (non-hydrogen) atoms. The summed E-state index contributed by atoms with van der Waals surface area (Å²) in [5.74, 6) is 0. The van der Waals surface area contributed by atoms with Crippen LogP contribution in [0.2, 0.25) is 0 Å². The van der Waals surface area contributed by atoms with Gasteiger partial charge in [-0.25, -0.2) is 0 Å². The number of benzene rings is 1. The van der Waals surface area contributed by atoms with Crippen LogP contribution in [0.25, 0.3) is 0 Å². The molecule has 0 aliphatic rings. The van der Waals surface area contributed by atoms with Crippen LogP contribution in [0.1, 0.15) is 26.7 Å². The second-order valence-electron chi connectivity index (χ2n) is 2.93. The highest BCUT2D eigenvalue weighted by atomic mass is 31.1. The summed E-state index contributed by atoms with van der Waals surface area (Å²) in [4.78, 5) is 0. The molecule has 0 saturated heterocycles. The first-order chi connectivity index (χ1) is 5.83. The summed E-state index contributed by atoms with van der Waals surface area (Å²) in [6, 6.07) is 10.6. The van der Waals surface area contributed by atoms with Crippen molar-refractivity contribution in [3.63, 3.8) is 0 Å². The molecule has 1 heteroatoms. The first-order valence-electron chi connectivity index (χ1n) is 4.42. The fourth-order valence-corrected chi connectivity index (χ4v) is 2.24. The van der Waals surface area contributed by atoms with Gasteiger partial charge in [-0.05, 0) is 18.6 Å². The van der Waals surface area contributed by atoms with E-state index in [0.717, 1.165) is 0 Å². The van der Waals surface area contributed by atoms with Crippen LogP contribution in [0, 0.1) is 0 Å². The number of hydrogen-bond acceptors (Lipinski definition) is 0. The third kappa shape index (κ3) is 3.19. The monoisotopic (exact) mass is 178 g/mol. The minimum absolute atomic E-state index is 1.25. The summed E-state index contributed by atoms with van der Waals surface area (Å²) < 4.78 is 0. The Bertz CT molecular complexity index is 249. The highest BCUT2D eigenvalue weighted by Crippen LogP contribution is 2.05. The van der Waals surface area contributed by atoms with Gasteiger partial charge in [-0.1, -0.05) is 51.9 Å². The Morgan fingerprint density at radius 1 is 1.25 bits per heavy atom. The van der Waals surface area contributed by atoms with Crippen molar-refractivity contribution in [3.8, 4) is 0 Å². The van der Waals surface area contributed by atoms with Crippen LogP contribution in [-0.2, 0) is 0 Å². The molecule has 0 saturated carbocycles. The van der Waals surface area contributed by atoms with Crippen molar-refractivity contribution >= 4 is 18.8 Å². The maximum atomic E-state index is 2.23. The molecule has 0 aliphatic heterocycles. The second-order valence-corrected chi connectivity index (χ2v) is 4.44. The Morgan fingerprint density at radius 2 is 1.92 bits per heavy atom. The van der Waals surface area contributed by atoms with Crippen molar-refractivity contribution in [2.24, 2.45) is 0 Å². The SMILES string of the molecule is CCC/C(C)=P/c1ccccc1. The lowest BCUT2D eigenvalue weighted by Crippen LogP contribution is -1.93. The van der Waals surface area contributed by atoms with Gasteiger partial charge in [0.1, 0.15) is 0 Å². The molecule has 0 N–H and O–H groups in total. The molecule has 0 amide bonds. The van der Waals surface area contributed by atoms with E-state index in [9.17, 15) is 0 Å². The second kappa shape index (κ2) is 5.11. The Kier molecular flexibility index (Phi) is 4.04. The smallest absolute Gasteiger partial charge is 0.00171 e. The normalized spacial score (nSPS) is 11.7. The van der Waals surface area contributed by atoms with E-state index in [0.29, 0.717) is 0 Å². The molecule has 0 heterocycles. The van der Waals surface area contributed by atoms with E-state index in [2.05, 4.69) is 44.2 Å². The fourth-order valence-electron chi connectivity index (χ4n) is 1.14. The molecule has 0 aliphatic carbocycles. The summed E-state index contributed by atoms with van der Waals surface area (Å²) in [5, 5.41) is 2.96. The van der Waals surface area contributed by atoms with Gasteiger partial charge in [0.25, 0.3) is 0 Å². The van der Waals surface area contributed by atoms with E-state index >= 15 is 0 Å². The molecule has 64 valence electrons. The lowest BCUT2D eigenvalue weighted by atomic mass is 10.3. The van der Waals surface area contributed by atoms with Crippen molar-refractivity contribution in [1.29, 1.82) is 0 Å². The Morgan fingerprint density at radius 3 is 2.50 bits per heavy atom. The zero-order valence-electron chi connectivity index (χ0n) is 7.75. The number of rotatable bonds is 3. The molecule has 0 nitrogen and oxygen atoms in total. The molecule has 0 bridgehead atoms.